The number of anilines is 1. The molecule has 2 saturated carbocycles. The number of benzene rings is 2. The first-order valence-corrected chi connectivity index (χ1v) is 12.8. The van der Waals surface area contributed by atoms with Crippen LogP contribution < -0.4 is 15.2 Å². The average Bonchev–Trinajstić information content (AvgIpc) is 2.79. The zero-order valence-electron chi connectivity index (χ0n) is 20.3. The number of carbonyl (C=O) groups is 2. The number of nitrogen functional groups attached to an aromatic ring is 1. The molecule has 0 aromatic heterocycles. The highest BCUT2D eigenvalue weighted by molar-refractivity contribution is 6.00. The van der Waals surface area contributed by atoms with Gasteiger partial charge in [0.25, 0.3) is 0 Å². The zero-order valence-corrected chi connectivity index (χ0v) is 20.3. The maximum absolute atomic E-state index is 13.0. The summed E-state index contributed by atoms with van der Waals surface area (Å²) < 4.78 is 12.1. The van der Waals surface area contributed by atoms with Gasteiger partial charge in [-0.1, -0.05) is 19.8 Å². The fraction of sp³-hybridized carbons (Fsp3) is 0.517. The van der Waals surface area contributed by atoms with Crippen molar-refractivity contribution in [3.05, 3.63) is 53.1 Å². The van der Waals surface area contributed by atoms with Crippen molar-refractivity contribution in [2.75, 3.05) is 5.73 Å². The van der Waals surface area contributed by atoms with E-state index in [4.69, 9.17) is 15.2 Å². The van der Waals surface area contributed by atoms with Crippen molar-refractivity contribution >= 4 is 17.4 Å². The minimum atomic E-state index is -0.477. The van der Waals surface area contributed by atoms with Gasteiger partial charge in [-0.2, -0.15) is 0 Å². The lowest BCUT2D eigenvalue weighted by Crippen LogP contribution is -2.45. The number of fused-ring (bicyclic) bond motifs is 1. The minimum absolute atomic E-state index is 0.121. The van der Waals surface area contributed by atoms with Crippen LogP contribution in [0.25, 0.3) is 0 Å². The van der Waals surface area contributed by atoms with Crippen LogP contribution in [-0.4, -0.2) is 17.4 Å². The summed E-state index contributed by atoms with van der Waals surface area (Å²) >= 11 is 0. The molecule has 2 fully saturated rings. The molecule has 0 atom stereocenters. The van der Waals surface area contributed by atoms with Crippen molar-refractivity contribution in [2.24, 2.45) is 17.8 Å². The van der Waals surface area contributed by atoms with Crippen LogP contribution in [0.2, 0.25) is 0 Å². The molecule has 2 aliphatic carbocycles. The lowest BCUT2D eigenvalue weighted by Gasteiger charge is -2.45. The van der Waals surface area contributed by atoms with E-state index in [1.54, 1.807) is 36.4 Å². The van der Waals surface area contributed by atoms with Crippen molar-refractivity contribution in [2.45, 2.75) is 77.2 Å². The number of esters is 1. The summed E-state index contributed by atoms with van der Waals surface area (Å²) in [4.78, 5) is 25.7. The molecule has 0 radical (unpaired) electrons. The first kappa shape index (κ1) is 22.9. The van der Waals surface area contributed by atoms with E-state index in [9.17, 15) is 9.59 Å². The number of ether oxygens (including phenoxy) is 2. The first-order chi connectivity index (χ1) is 16.3. The molecule has 2 N–H and O–H groups in total. The van der Waals surface area contributed by atoms with Crippen LogP contribution in [0.3, 0.4) is 0 Å². The SMILES string of the molecule is Cc1cc(N)cc(C(=O)Oc2ccc3c(c2)OC2(CCC(C4CCC(C)CC4)CC2)CC3=O)c1. The normalized spacial score (nSPS) is 28.8. The average molecular weight is 462 g/mol. The molecule has 180 valence electrons. The summed E-state index contributed by atoms with van der Waals surface area (Å²) in [5.74, 6) is 3.02. The van der Waals surface area contributed by atoms with Gasteiger partial charge in [-0.05, 0) is 99.1 Å². The van der Waals surface area contributed by atoms with Crippen LogP contribution >= 0.6 is 0 Å². The van der Waals surface area contributed by atoms with E-state index < -0.39 is 11.6 Å². The topological polar surface area (TPSA) is 78.6 Å². The standard InChI is InChI=1S/C29H35NO4/c1-18-3-5-20(6-4-18)21-9-11-29(12-10-21)17-26(31)25-8-7-24(16-27(25)34-29)33-28(32)22-13-19(2)14-23(30)15-22/h7-8,13-16,18,20-21H,3-6,9-12,17,30H2,1-2H3. The predicted octanol–water partition coefficient (Wildman–Crippen LogP) is 6.52. The van der Waals surface area contributed by atoms with Crippen molar-refractivity contribution in [3.63, 3.8) is 0 Å². The summed E-state index contributed by atoms with van der Waals surface area (Å²) in [5.41, 5.74) is 7.85. The number of nitrogens with two attached hydrogens (primary N) is 1. The third-order valence-electron chi connectivity index (χ3n) is 8.28. The second-order valence-electron chi connectivity index (χ2n) is 10.9. The molecular weight excluding hydrogens is 426 g/mol. The third-order valence-corrected chi connectivity index (χ3v) is 8.28. The van der Waals surface area contributed by atoms with Gasteiger partial charge in [-0.3, -0.25) is 4.79 Å². The van der Waals surface area contributed by atoms with Crippen LogP contribution in [-0.2, 0) is 0 Å². The second-order valence-corrected chi connectivity index (χ2v) is 10.9. The van der Waals surface area contributed by atoms with Crippen LogP contribution in [0.15, 0.2) is 36.4 Å². The number of hydrogen-bond acceptors (Lipinski definition) is 5. The Morgan fingerprint density at radius 2 is 1.71 bits per heavy atom. The Balaban J connectivity index is 1.28. The van der Waals surface area contributed by atoms with Crippen molar-refractivity contribution in [1.29, 1.82) is 0 Å². The van der Waals surface area contributed by atoms with Gasteiger partial charge in [-0.15, -0.1) is 0 Å². The van der Waals surface area contributed by atoms with Gasteiger partial charge in [0.2, 0.25) is 0 Å². The predicted molar refractivity (Wildman–Crippen MR) is 132 cm³/mol. The van der Waals surface area contributed by atoms with E-state index in [0.29, 0.717) is 34.7 Å². The summed E-state index contributed by atoms with van der Waals surface area (Å²) in [5, 5.41) is 0. The Hall–Kier alpha value is -2.82. The van der Waals surface area contributed by atoms with E-state index in [1.165, 1.54) is 25.7 Å². The Morgan fingerprint density at radius 3 is 2.41 bits per heavy atom. The van der Waals surface area contributed by atoms with Crippen molar-refractivity contribution < 1.29 is 19.1 Å². The van der Waals surface area contributed by atoms with Gasteiger partial charge in [0.1, 0.15) is 17.1 Å². The van der Waals surface area contributed by atoms with Crippen molar-refractivity contribution in [1.82, 2.24) is 0 Å². The highest BCUT2D eigenvalue weighted by atomic mass is 16.5. The Labute approximate surface area is 202 Å². The maximum atomic E-state index is 13.0. The molecule has 0 amide bonds. The quantitative estimate of drug-likeness (QED) is 0.320. The molecule has 0 bridgehead atoms. The maximum Gasteiger partial charge on any atom is 0.343 e. The molecule has 1 heterocycles. The number of ketones is 1. The molecule has 0 unspecified atom stereocenters. The Morgan fingerprint density at radius 1 is 1.00 bits per heavy atom. The molecule has 5 nitrogen and oxygen atoms in total. The van der Waals surface area contributed by atoms with E-state index in [0.717, 1.165) is 49.0 Å². The van der Waals surface area contributed by atoms with Gasteiger partial charge >= 0.3 is 5.97 Å². The van der Waals surface area contributed by atoms with Gasteiger partial charge < -0.3 is 15.2 Å². The lowest BCUT2D eigenvalue weighted by atomic mass is 9.67. The first-order valence-electron chi connectivity index (χ1n) is 12.8. The fourth-order valence-electron chi connectivity index (χ4n) is 6.31. The van der Waals surface area contributed by atoms with Crippen LogP contribution in [0.5, 0.6) is 11.5 Å². The largest absolute Gasteiger partial charge is 0.486 e. The highest BCUT2D eigenvalue weighted by Crippen LogP contribution is 2.48. The molecule has 2 aromatic carbocycles. The molecule has 34 heavy (non-hydrogen) atoms. The molecular formula is C29H35NO4. The number of hydrogen-bond donors (Lipinski definition) is 1. The van der Waals surface area contributed by atoms with E-state index in [2.05, 4.69) is 6.92 Å². The molecule has 2 aromatic rings. The third kappa shape index (κ3) is 4.70. The van der Waals surface area contributed by atoms with Gasteiger partial charge in [0.15, 0.2) is 5.78 Å². The number of Topliss-reactive ketones (excluding diaryl/α,β-unsaturated/α-hetero) is 1. The van der Waals surface area contributed by atoms with E-state index in [-0.39, 0.29) is 5.78 Å². The molecule has 5 rings (SSSR count). The summed E-state index contributed by atoms with van der Waals surface area (Å²) in [6, 6.07) is 10.2. The summed E-state index contributed by atoms with van der Waals surface area (Å²) in [6.45, 7) is 4.25. The van der Waals surface area contributed by atoms with Crippen LogP contribution in [0.4, 0.5) is 5.69 Å². The summed E-state index contributed by atoms with van der Waals surface area (Å²) in [7, 11) is 0. The molecule has 1 aliphatic heterocycles. The molecule has 0 saturated heterocycles. The zero-order chi connectivity index (χ0) is 23.9. The van der Waals surface area contributed by atoms with E-state index in [1.807, 2.05) is 6.92 Å². The minimum Gasteiger partial charge on any atom is -0.486 e. The summed E-state index contributed by atoms with van der Waals surface area (Å²) in [6.07, 6.45) is 9.94. The Kier molecular flexibility index (Phi) is 6.13. The number of aryl methyl sites for hydroxylation is 1. The molecule has 1 spiro atoms. The monoisotopic (exact) mass is 461 g/mol. The number of carbonyl (C=O) groups excluding carboxylic acids is 2. The highest BCUT2D eigenvalue weighted by Gasteiger charge is 2.44. The number of rotatable bonds is 3. The van der Waals surface area contributed by atoms with Gasteiger partial charge in [0, 0.05) is 11.8 Å². The fourth-order valence-corrected chi connectivity index (χ4v) is 6.31. The van der Waals surface area contributed by atoms with Gasteiger partial charge in [-0.25, -0.2) is 4.79 Å². The molecule has 5 heteroatoms. The van der Waals surface area contributed by atoms with Crippen molar-refractivity contribution in [3.8, 4) is 11.5 Å². The molecule has 3 aliphatic rings. The second kappa shape index (κ2) is 9.09. The Bertz CT molecular complexity index is 1070. The smallest absolute Gasteiger partial charge is 0.343 e. The van der Waals surface area contributed by atoms with Crippen LogP contribution in [0, 0.1) is 24.7 Å². The lowest BCUT2D eigenvalue weighted by molar-refractivity contribution is -0.00913. The van der Waals surface area contributed by atoms with E-state index >= 15 is 0 Å². The van der Waals surface area contributed by atoms with Crippen LogP contribution in [0.1, 0.15) is 91.0 Å². The van der Waals surface area contributed by atoms with Gasteiger partial charge in [0.05, 0.1) is 17.5 Å².